The summed E-state index contributed by atoms with van der Waals surface area (Å²) in [5.74, 6) is 0.723. The lowest BCUT2D eigenvalue weighted by Crippen LogP contribution is -2.41. The number of nitrogens with zero attached hydrogens (tertiary/aromatic N) is 4. The number of oxazole rings is 1. The average molecular weight is 503 g/mol. The second kappa shape index (κ2) is 8.89. The number of hydrogen-bond donors (Lipinski definition) is 0. The number of anilines is 1. The highest BCUT2D eigenvalue weighted by Gasteiger charge is 2.42. The van der Waals surface area contributed by atoms with Gasteiger partial charge >= 0.3 is 0 Å². The minimum atomic E-state index is -1.73. The number of nitriles is 1. The van der Waals surface area contributed by atoms with E-state index in [-0.39, 0.29) is 30.4 Å². The van der Waals surface area contributed by atoms with Gasteiger partial charge in [0, 0.05) is 50.9 Å². The van der Waals surface area contributed by atoms with Gasteiger partial charge in [0.05, 0.1) is 24.4 Å². The van der Waals surface area contributed by atoms with Crippen LogP contribution in [-0.4, -0.2) is 42.0 Å². The minimum absolute atomic E-state index is 0.0251. The SMILES string of the molecule is Cc1ccc2oc(C3(F)CCN(c4c(C#N)c(=O)n(C)c5cc(OC6CCOC6)ccc45)CC3)nc2c1. The van der Waals surface area contributed by atoms with Crippen molar-refractivity contribution in [1.82, 2.24) is 9.55 Å². The van der Waals surface area contributed by atoms with Gasteiger partial charge in [-0.05, 0) is 36.8 Å². The lowest BCUT2D eigenvalue weighted by atomic mass is 9.92. The third-order valence-corrected chi connectivity index (χ3v) is 7.44. The van der Waals surface area contributed by atoms with Gasteiger partial charge in [0.25, 0.3) is 5.56 Å². The molecule has 2 aliphatic rings. The lowest BCUT2D eigenvalue weighted by Gasteiger charge is -2.36. The Bertz CT molecular complexity index is 1600. The predicted molar refractivity (Wildman–Crippen MR) is 137 cm³/mol. The van der Waals surface area contributed by atoms with Crippen LogP contribution in [-0.2, 0) is 17.5 Å². The number of fused-ring (bicyclic) bond motifs is 2. The van der Waals surface area contributed by atoms with E-state index in [1.807, 2.05) is 48.2 Å². The highest BCUT2D eigenvalue weighted by Crippen LogP contribution is 2.41. The van der Waals surface area contributed by atoms with E-state index in [4.69, 9.17) is 13.9 Å². The molecule has 37 heavy (non-hydrogen) atoms. The predicted octanol–water partition coefficient (Wildman–Crippen LogP) is 4.49. The largest absolute Gasteiger partial charge is 0.488 e. The van der Waals surface area contributed by atoms with Gasteiger partial charge in [-0.15, -0.1) is 0 Å². The molecule has 0 saturated carbocycles. The summed E-state index contributed by atoms with van der Waals surface area (Å²) in [6, 6.07) is 13.2. The van der Waals surface area contributed by atoms with Crippen LogP contribution in [0.3, 0.4) is 0 Å². The van der Waals surface area contributed by atoms with Crippen LogP contribution in [0.1, 0.15) is 36.3 Å². The summed E-state index contributed by atoms with van der Waals surface area (Å²) < 4.78 is 34.8. The number of hydrogen-bond acceptors (Lipinski definition) is 7. The third-order valence-electron chi connectivity index (χ3n) is 7.44. The standard InChI is InChI=1S/C28H27FN4O4/c1-17-3-6-24-22(13-17)31-27(37-24)28(29)8-10-33(11-9-28)25-20-5-4-18(36-19-7-12-35-16-19)14-23(20)32(2)26(34)21(25)15-30/h3-6,13-14,19H,7-12,16H2,1-2H3. The summed E-state index contributed by atoms with van der Waals surface area (Å²) in [5.41, 5.74) is 1.35. The van der Waals surface area contributed by atoms with Crippen molar-refractivity contribution < 1.29 is 18.3 Å². The maximum absolute atomic E-state index is 16.1. The molecule has 2 fully saturated rings. The van der Waals surface area contributed by atoms with E-state index in [1.165, 1.54) is 4.57 Å². The quantitative estimate of drug-likeness (QED) is 0.406. The Morgan fingerprint density at radius 2 is 2.03 bits per heavy atom. The first-order chi connectivity index (χ1) is 17.9. The summed E-state index contributed by atoms with van der Waals surface area (Å²) in [4.78, 5) is 19.5. The highest BCUT2D eigenvalue weighted by molar-refractivity contribution is 5.95. The molecule has 0 spiro atoms. The van der Waals surface area contributed by atoms with Crippen LogP contribution in [0.15, 0.2) is 45.6 Å². The average Bonchev–Trinajstić information content (AvgIpc) is 3.57. The van der Waals surface area contributed by atoms with Crippen molar-refractivity contribution in [3.63, 3.8) is 0 Å². The third kappa shape index (κ3) is 4.02. The first-order valence-electron chi connectivity index (χ1n) is 12.5. The molecule has 2 aliphatic heterocycles. The van der Waals surface area contributed by atoms with Crippen LogP contribution < -0.4 is 15.2 Å². The summed E-state index contributed by atoms with van der Waals surface area (Å²) >= 11 is 0. The van der Waals surface area contributed by atoms with Gasteiger partial charge in [-0.2, -0.15) is 5.26 Å². The van der Waals surface area contributed by atoms with E-state index < -0.39 is 11.2 Å². The van der Waals surface area contributed by atoms with Crippen molar-refractivity contribution in [2.45, 2.75) is 38.0 Å². The number of benzene rings is 2. The molecule has 8 nitrogen and oxygen atoms in total. The van der Waals surface area contributed by atoms with Gasteiger partial charge in [0.1, 0.15) is 29.0 Å². The van der Waals surface area contributed by atoms with Crippen molar-refractivity contribution in [2.24, 2.45) is 7.05 Å². The van der Waals surface area contributed by atoms with Crippen LogP contribution >= 0.6 is 0 Å². The van der Waals surface area contributed by atoms with Gasteiger partial charge in [0.2, 0.25) is 5.89 Å². The van der Waals surface area contributed by atoms with Crippen LogP contribution in [0, 0.1) is 18.3 Å². The van der Waals surface area contributed by atoms with Gasteiger partial charge < -0.3 is 23.4 Å². The van der Waals surface area contributed by atoms with E-state index >= 15 is 4.39 Å². The van der Waals surface area contributed by atoms with Gasteiger partial charge in [-0.1, -0.05) is 6.07 Å². The van der Waals surface area contributed by atoms with E-state index in [1.54, 1.807) is 7.05 Å². The second-order valence-corrected chi connectivity index (χ2v) is 9.92. The molecule has 0 radical (unpaired) electrons. The van der Waals surface area contributed by atoms with E-state index in [9.17, 15) is 10.1 Å². The van der Waals surface area contributed by atoms with Crippen molar-refractivity contribution in [3.8, 4) is 11.8 Å². The second-order valence-electron chi connectivity index (χ2n) is 9.92. The molecule has 190 valence electrons. The van der Waals surface area contributed by atoms with Crippen molar-refractivity contribution in [1.29, 1.82) is 5.26 Å². The molecule has 0 N–H and O–H groups in total. The van der Waals surface area contributed by atoms with Crippen molar-refractivity contribution in [2.75, 3.05) is 31.2 Å². The highest BCUT2D eigenvalue weighted by atomic mass is 19.1. The summed E-state index contributed by atoms with van der Waals surface area (Å²) in [6.07, 6.45) is 1.04. The molecule has 0 aliphatic carbocycles. The van der Waals surface area contributed by atoms with Crippen molar-refractivity contribution >= 4 is 27.7 Å². The molecule has 0 amide bonds. The van der Waals surface area contributed by atoms with Gasteiger partial charge in [-0.3, -0.25) is 4.79 Å². The molecule has 4 heterocycles. The molecular weight excluding hydrogens is 475 g/mol. The molecule has 6 rings (SSSR count). The Labute approximate surface area is 212 Å². The Morgan fingerprint density at radius 1 is 1.22 bits per heavy atom. The Kier molecular flexibility index (Phi) is 5.64. The zero-order valence-electron chi connectivity index (χ0n) is 20.8. The zero-order valence-corrected chi connectivity index (χ0v) is 20.8. The molecule has 4 aromatic rings. The molecule has 1 unspecified atom stereocenters. The number of piperidine rings is 1. The number of ether oxygens (including phenoxy) is 2. The van der Waals surface area contributed by atoms with Crippen molar-refractivity contribution in [3.05, 3.63) is 63.8 Å². The topological polar surface area (TPSA) is 93.5 Å². The summed E-state index contributed by atoms with van der Waals surface area (Å²) in [7, 11) is 1.65. The number of alkyl halides is 1. The number of aromatic nitrogens is 2. The van der Waals surface area contributed by atoms with Crippen LogP contribution in [0.5, 0.6) is 5.75 Å². The fourth-order valence-corrected chi connectivity index (χ4v) is 5.33. The lowest BCUT2D eigenvalue weighted by molar-refractivity contribution is 0.0905. The number of rotatable bonds is 4. The maximum atomic E-state index is 16.1. The minimum Gasteiger partial charge on any atom is -0.488 e. The molecule has 0 bridgehead atoms. The Hall–Kier alpha value is -3.90. The fraction of sp³-hybridized carbons (Fsp3) is 0.393. The zero-order chi connectivity index (χ0) is 25.7. The maximum Gasteiger partial charge on any atom is 0.270 e. The molecule has 9 heteroatoms. The van der Waals surface area contributed by atoms with Gasteiger partial charge in [0.15, 0.2) is 11.3 Å². The van der Waals surface area contributed by atoms with Crippen LogP contribution in [0.4, 0.5) is 10.1 Å². The monoisotopic (exact) mass is 502 g/mol. The van der Waals surface area contributed by atoms with E-state index in [0.717, 1.165) is 17.4 Å². The normalized spacial score (nSPS) is 19.4. The van der Waals surface area contributed by atoms with Crippen LogP contribution in [0.2, 0.25) is 0 Å². The van der Waals surface area contributed by atoms with Gasteiger partial charge in [-0.25, -0.2) is 9.37 Å². The molecule has 2 aromatic carbocycles. The summed E-state index contributed by atoms with van der Waals surface area (Å²) in [5, 5.41) is 10.7. The Balaban J connectivity index is 1.33. The number of pyridine rings is 1. The molecule has 2 aromatic heterocycles. The van der Waals surface area contributed by atoms with E-state index in [2.05, 4.69) is 11.1 Å². The molecular formula is C28H27FN4O4. The first-order valence-corrected chi connectivity index (χ1v) is 12.5. The summed E-state index contributed by atoms with van der Waals surface area (Å²) in [6.45, 7) is 3.78. The molecule has 2 saturated heterocycles. The van der Waals surface area contributed by atoms with Crippen LogP contribution in [0.25, 0.3) is 22.0 Å². The number of halogens is 1. The molecule has 1 atom stereocenters. The fourth-order valence-electron chi connectivity index (χ4n) is 5.33. The first kappa shape index (κ1) is 23.5. The van der Waals surface area contributed by atoms with E-state index in [0.29, 0.717) is 54.4 Å². The smallest absolute Gasteiger partial charge is 0.270 e. The Morgan fingerprint density at radius 3 is 2.76 bits per heavy atom. The number of aryl methyl sites for hydroxylation is 2.